The molecule has 0 spiro atoms. The predicted molar refractivity (Wildman–Crippen MR) is 110 cm³/mol. The first-order chi connectivity index (χ1) is 13.8. The Morgan fingerprint density at radius 2 is 1.90 bits per heavy atom. The molecule has 29 heavy (non-hydrogen) atoms. The van der Waals surface area contributed by atoms with E-state index in [1.54, 1.807) is 31.2 Å². The van der Waals surface area contributed by atoms with Crippen LogP contribution in [-0.2, 0) is 11.4 Å². The lowest BCUT2D eigenvalue weighted by Crippen LogP contribution is -2.46. The van der Waals surface area contributed by atoms with Crippen LogP contribution in [0.25, 0.3) is 0 Å². The first kappa shape index (κ1) is 20.8. The van der Waals surface area contributed by atoms with Gasteiger partial charge in [-0.3, -0.25) is 4.79 Å². The van der Waals surface area contributed by atoms with Gasteiger partial charge in [0, 0.05) is 10.7 Å². The van der Waals surface area contributed by atoms with Crippen molar-refractivity contribution in [3.63, 3.8) is 0 Å². The molecule has 0 saturated carbocycles. The van der Waals surface area contributed by atoms with Gasteiger partial charge >= 0.3 is 6.03 Å². The highest BCUT2D eigenvalue weighted by molar-refractivity contribution is 6.32. The maximum Gasteiger partial charge on any atom is 0.319 e. The molecule has 0 unspecified atom stereocenters. The molecule has 1 heterocycles. The average Bonchev–Trinajstić information content (AvgIpc) is 2.66. The minimum atomic E-state index is -0.766. The molecular formula is C20H19Cl2N3O4. The lowest BCUT2D eigenvalue weighted by molar-refractivity contribution is -0.115. The lowest BCUT2D eigenvalue weighted by atomic mass is 9.94. The van der Waals surface area contributed by atoms with E-state index in [0.29, 0.717) is 27.8 Å². The molecule has 0 aromatic heterocycles. The molecule has 4 N–H and O–H groups in total. The number of hydrogen-bond acceptors (Lipinski definition) is 4. The molecule has 0 saturated heterocycles. The Kier molecular flexibility index (Phi) is 6.20. The van der Waals surface area contributed by atoms with E-state index in [9.17, 15) is 9.59 Å². The monoisotopic (exact) mass is 435 g/mol. The van der Waals surface area contributed by atoms with Crippen LogP contribution in [-0.4, -0.2) is 19.0 Å². The molecule has 1 aliphatic rings. The molecule has 0 radical (unpaired) electrons. The van der Waals surface area contributed by atoms with E-state index in [1.165, 1.54) is 7.11 Å². The standard InChI is InChI=1S/C20H19Cl2N3O4/c1-10-16(19(23)26)17(25-20(27)24-10)12-7-14(22)18(15(8-12)28-2)29-9-11-3-5-13(21)6-4-11/h3-8,17H,9H2,1-2H3,(H2,23,26)(H2,24,25,27)/t17-/m1/s1. The normalized spacial score (nSPS) is 16.1. The first-order valence-electron chi connectivity index (χ1n) is 8.63. The van der Waals surface area contributed by atoms with Crippen molar-refractivity contribution in [3.05, 3.63) is 68.8 Å². The van der Waals surface area contributed by atoms with Crippen LogP contribution in [0.4, 0.5) is 4.79 Å². The van der Waals surface area contributed by atoms with E-state index >= 15 is 0 Å². The summed E-state index contributed by atoms with van der Waals surface area (Å²) in [5.74, 6) is 0.0447. The Labute approximate surface area is 177 Å². The minimum absolute atomic E-state index is 0.234. The van der Waals surface area contributed by atoms with Crippen LogP contribution in [0.5, 0.6) is 11.5 Å². The van der Waals surface area contributed by atoms with E-state index in [1.807, 2.05) is 12.1 Å². The van der Waals surface area contributed by atoms with Crippen molar-refractivity contribution in [1.29, 1.82) is 0 Å². The number of benzene rings is 2. The maximum atomic E-state index is 11.9. The summed E-state index contributed by atoms with van der Waals surface area (Å²) in [7, 11) is 1.47. The third-order valence-electron chi connectivity index (χ3n) is 4.42. The van der Waals surface area contributed by atoms with Crippen LogP contribution in [0, 0.1) is 0 Å². The van der Waals surface area contributed by atoms with Crippen molar-refractivity contribution in [2.24, 2.45) is 5.73 Å². The number of primary amides is 1. The minimum Gasteiger partial charge on any atom is -0.493 e. The zero-order valence-corrected chi connectivity index (χ0v) is 17.2. The molecule has 0 bridgehead atoms. The molecule has 2 aromatic rings. The largest absolute Gasteiger partial charge is 0.493 e. The number of carbonyl (C=O) groups is 2. The zero-order valence-electron chi connectivity index (χ0n) is 15.7. The molecule has 2 aromatic carbocycles. The van der Waals surface area contributed by atoms with Crippen molar-refractivity contribution >= 4 is 35.1 Å². The first-order valence-corrected chi connectivity index (χ1v) is 9.38. The van der Waals surface area contributed by atoms with Crippen molar-refractivity contribution in [3.8, 4) is 11.5 Å². The molecule has 0 fully saturated rings. The van der Waals surface area contributed by atoms with Gasteiger partial charge in [-0.15, -0.1) is 0 Å². The SMILES string of the molecule is COc1cc([C@H]2NC(=O)NC(C)=C2C(N)=O)cc(Cl)c1OCc1ccc(Cl)cc1. The van der Waals surface area contributed by atoms with Gasteiger partial charge in [0.2, 0.25) is 5.91 Å². The van der Waals surface area contributed by atoms with Gasteiger partial charge in [-0.25, -0.2) is 4.79 Å². The molecule has 1 atom stereocenters. The third-order valence-corrected chi connectivity index (χ3v) is 4.95. The van der Waals surface area contributed by atoms with Crippen LogP contribution in [0.3, 0.4) is 0 Å². The highest BCUT2D eigenvalue weighted by Gasteiger charge is 2.31. The summed E-state index contributed by atoms with van der Waals surface area (Å²) in [4.78, 5) is 23.8. The fourth-order valence-corrected chi connectivity index (χ4v) is 3.45. The number of allylic oxidation sites excluding steroid dienone is 1. The van der Waals surface area contributed by atoms with Gasteiger partial charge in [-0.2, -0.15) is 0 Å². The number of halogens is 2. The molecule has 152 valence electrons. The lowest BCUT2D eigenvalue weighted by Gasteiger charge is -2.28. The number of amides is 3. The summed E-state index contributed by atoms with van der Waals surface area (Å²) in [6.45, 7) is 1.86. The topological polar surface area (TPSA) is 103 Å². The van der Waals surface area contributed by atoms with E-state index < -0.39 is 18.0 Å². The highest BCUT2D eigenvalue weighted by atomic mass is 35.5. The number of methoxy groups -OCH3 is 1. The molecule has 1 aliphatic heterocycles. The number of urea groups is 1. The van der Waals surface area contributed by atoms with Gasteiger partial charge in [-0.1, -0.05) is 35.3 Å². The maximum absolute atomic E-state index is 11.9. The zero-order chi connectivity index (χ0) is 21.1. The second kappa shape index (κ2) is 8.63. The van der Waals surface area contributed by atoms with Crippen LogP contribution in [0.15, 0.2) is 47.7 Å². The molecule has 0 aliphatic carbocycles. The predicted octanol–water partition coefficient (Wildman–Crippen LogP) is 3.69. The smallest absolute Gasteiger partial charge is 0.319 e. The average molecular weight is 436 g/mol. The van der Waals surface area contributed by atoms with Gasteiger partial charge in [0.15, 0.2) is 11.5 Å². The molecule has 3 rings (SSSR count). The van der Waals surface area contributed by atoms with Crippen LogP contribution < -0.4 is 25.8 Å². The number of ether oxygens (including phenoxy) is 2. The molecule has 9 heteroatoms. The summed E-state index contributed by atoms with van der Waals surface area (Å²) in [5.41, 5.74) is 7.55. The number of carbonyl (C=O) groups excluding carboxylic acids is 2. The van der Waals surface area contributed by atoms with Gasteiger partial charge in [0.05, 0.1) is 23.7 Å². The molecular weight excluding hydrogens is 417 g/mol. The second-order valence-electron chi connectivity index (χ2n) is 6.38. The van der Waals surface area contributed by atoms with Gasteiger partial charge < -0.3 is 25.8 Å². The number of rotatable bonds is 6. The fraction of sp³-hybridized carbons (Fsp3) is 0.200. The Morgan fingerprint density at radius 3 is 2.52 bits per heavy atom. The van der Waals surface area contributed by atoms with E-state index in [0.717, 1.165) is 5.56 Å². The fourth-order valence-electron chi connectivity index (χ4n) is 3.05. The Hall–Kier alpha value is -2.90. The second-order valence-corrected chi connectivity index (χ2v) is 7.23. The summed E-state index contributed by atoms with van der Waals surface area (Å²) in [5, 5.41) is 6.11. The third kappa shape index (κ3) is 4.58. The van der Waals surface area contributed by atoms with Gasteiger partial charge in [0.25, 0.3) is 0 Å². The summed E-state index contributed by atoms with van der Waals surface area (Å²) in [6, 6.07) is 9.25. The van der Waals surface area contributed by atoms with E-state index in [-0.39, 0.29) is 17.2 Å². The van der Waals surface area contributed by atoms with Crippen LogP contribution in [0.1, 0.15) is 24.1 Å². The van der Waals surface area contributed by atoms with E-state index in [2.05, 4.69) is 10.6 Å². The Bertz CT molecular complexity index is 990. The Morgan fingerprint density at radius 1 is 1.21 bits per heavy atom. The number of nitrogens with one attached hydrogen (secondary N) is 2. The van der Waals surface area contributed by atoms with Crippen LogP contribution >= 0.6 is 23.2 Å². The quantitative estimate of drug-likeness (QED) is 0.643. The summed E-state index contributed by atoms with van der Waals surface area (Å²) in [6.07, 6.45) is 0. The van der Waals surface area contributed by atoms with Crippen molar-refractivity contribution in [2.45, 2.75) is 19.6 Å². The van der Waals surface area contributed by atoms with Gasteiger partial charge in [0.1, 0.15) is 6.61 Å². The summed E-state index contributed by atoms with van der Waals surface area (Å²) >= 11 is 12.3. The van der Waals surface area contributed by atoms with Crippen molar-refractivity contribution in [2.75, 3.05) is 7.11 Å². The number of nitrogens with two attached hydrogens (primary N) is 1. The van der Waals surface area contributed by atoms with Gasteiger partial charge in [-0.05, 0) is 42.3 Å². The van der Waals surface area contributed by atoms with Crippen LogP contribution in [0.2, 0.25) is 10.0 Å². The Balaban J connectivity index is 1.93. The molecule has 3 amide bonds. The van der Waals surface area contributed by atoms with Crippen molar-refractivity contribution in [1.82, 2.24) is 10.6 Å². The highest BCUT2D eigenvalue weighted by Crippen LogP contribution is 2.40. The summed E-state index contributed by atoms with van der Waals surface area (Å²) < 4.78 is 11.3. The number of hydrogen-bond donors (Lipinski definition) is 3. The molecule has 7 nitrogen and oxygen atoms in total. The van der Waals surface area contributed by atoms with Crippen molar-refractivity contribution < 1.29 is 19.1 Å². The van der Waals surface area contributed by atoms with E-state index in [4.69, 9.17) is 38.4 Å².